The summed E-state index contributed by atoms with van der Waals surface area (Å²) in [6.07, 6.45) is 4.66. The molecule has 4 nitrogen and oxygen atoms in total. The number of esters is 1. The van der Waals surface area contributed by atoms with E-state index in [2.05, 4.69) is 61.2 Å². The third kappa shape index (κ3) is 5.49. The average molecular weight is 454 g/mol. The summed E-state index contributed by atoms with van der Waals surface area (Å²) in [5.41, 5.74) is 4.23. The number of carbonyl (C=O) groups excluding carboxylic acids is 1. The van der Waals surface area contributed by atoms with Gasteiger partial charge in [-0.05, 0) is 62.5 Å². The van der Waals surface area contributed by atoms with Crippen LogP contribution in [0.1, 0.15) is 55.7 Å². The molecule has 2 heterocycles. The van der Waals surface area contributed by atoms with Crippen LogP contribution in [0.15, 0.2) is 47.4 Å². The summed E-state index contributed by atoms with van der Waals surface area (Å²) in [6, 6.07) is 15.4. The molecule has 32 heavy (non-hydrogen) atoms. The van der Waals surface area contributed by atoms with E-state index in [1.165, 1.54) is 21.6 Å². The lowest BCUT2D eigenvalue weighted by atomic mass is 9.74. The number of fused-ring (bicyclic) bond motifs is 2. The van der Waals surface area contributed by atoms with Crippen molar-refractivity contribution in [3.05, 3.63) is 59.2 Å². The fraction of sp³-hybridized carbons (Fsp3) is 0.519. The summed E-state index contributed by atoms with van der Waals surface area (Å²) in [5.74, 6) is 1.98. The quantitative estimate of drug-likeness (QED) is 0.275. The number of hydrogen-bond acceptors (Lipinski definition) is 5. The van der Waals surface area contributed by atoms with Crippen molar-refractivity contribution in [3.63, 3.8) is 0 Å². The maximum absolute atomic E-state index is 11.9. The standard InChI is InChI=1S/C27H35NO3S/c1-3-4-17-30-26(29)11-14-28-15-12-27(13-16-28)20-31-25-18-23(9-10-24(25)27)32-19-22-8-6-5-7-21(22)2/h5-10,18H,3-4,11-17,19-20H2,1-2H3. The van der Waals surface area contributed by atoms with E-state index >= 15 is 0 Å². The van der Waals surface area contributed by atoms with E-state index in [1.54, 1.807) is 0 Å². The van der Waals surface area contributed by atoms with Crippen LogP contribution in [-0.4, -0.2) is 43.7 Å². The first-order valence-electron chi connectivity index (χ1n) is 11.9. The second-order valence-corrected chi connectivity index (χ2v) is 10.2. The maximum atomic E-state index is 11.9. The van der Waals surface area contributed by atoms with E-state index < -0.39 is 0 Å². The van der Waals surface area contributed by atoms with Gasteiger partial charge in [0.15, 0.2) is 0 Å². The van der Waals surface area contributed by atoms with Crippen molar-refractivity contribution in [2.45, 2.75) is 62.0 Å². The molecule has 2 aromatic carbocycles. The fourth-order valence-corrected chi connectivity index (χ4v) is 5.65. The number of piperidine rings is 1. The van der Waals surface area contributed by atoms with Crippen LogP contribution in [-0.2, 0) is 20.7 Å². The predicted octanol–water partition coefficient (Wildman–Crippen LogP) is 5.75. The lowest BCUT2D eigenvalue weighted by Crippen LogP contribution is -2.44. The summed E-state index contributed by atoms with van der Waals surface area (Å²) in [7, 11) is 0. The Morgan fingerprint density at radius 1 is 1.19 bits per heavy atom. The minimum atomic E-state index is -0.0657. The van der Waals surface area contributed by atoms with Crippen LogP contribution >= 0.6 is 11.8 Å². The van der Waals surface area contributed by atoms with Crippen LogP contribution in [0.3, 0.4) is 0 Å². The molecule has 0 atom stereocenters. The first-order valence-corrected chi connectivity index (χ1v) is 12.9. The van der Waals surface area contributed by atoms with Crippen LogP contribution in [0, 0.1) is 6.92 Å². The van der Waals surface area contributed by atoms with Gasteiger partial charge in [-0.15, -0.1) is 11.8 Å². The SMILES string of the molecule is CCCCOC(=O)CCN1CCC2(CC1)COc1cc(SCc3ccccc3C)ccc12. The third-order valence-electron chi connectivity index (χ3n) is 6.89. The Bertz CT molecular complexity index is 921. The van der Waals surface area contributed by atoms with Gasteiger partial charge >= 0.3 is 5.97 Å². The lowest BCUT2D eigenvalue weighted by Gasteiger charge is -2.38. The van der Waals surface area contributed by atoms with Gasteiger partial charge in [-0.3, -0.25) is 4.79 Å². The van der Waals surface area contributed by atoms with Crippen LogP contribution in [0.25, 0.3) is 0 Å². The molecule has 0 N–H and O–H groups in total. The Hall–Kier alpha value is -1.98. The number of carbonyl (C=O) groups is 1. The summed E-state index contributed by atoms with van der Waals surface area (Å²) in [4.78, 5) is 15.6. The maximum Gasteiger partial charge on any atom is 0.307 e. The fourth-order valence-electron chi connectivity index (χ4n) is 4.65. The third-order valence-corrected chi connectivity index (χ3v) is 7.93. The monoisotopic (exact) mass is 453 g/mol. The van der Waals surface area contributed by atoms with Gasteiger partial charge in [0, 0.05) is 28.2 Å². The van der Waals surface area contributed by atoms with E-state index in [9.17, 15) is 4.79 Å². The van der Waals surface area contributed by atoms with Gasteiger partial charge in [0.1, 0.15) is 5.75 Å². The highest BCUT2D eigenvalue weighted by atomic mass is 32.2. The van der Waals surface area contributed by atoms with Crippen LogP contribution in [0.2, 0.25) is 0 Å². The smallest absolute Gasteiger partial charge is 0.307 e. The molecule has 2 aliphatic heterocycles. The van der Waals surface area contributed by atoms with E-state index in [-0.39, 0.29) is 11.4 Å². The average Bonchev–Trinajstić information content (AvgIpc) is 3.16. The van der Waals surface area contributed by atoms with Crippen LogP contribution < -0.4 is 4.74 Å². The number of benzene rings is 2. The van der Waals surface area contributed by atoms with Gasteiger partial charge in [0.25, 0.3) is 0 Å². The van der Waals surface area contributed by atoms with Gasteiger partial charge in [0.2, 0.25) is 0 Å². The van der Waals surface area contributed by atoms with Gasteiger partial charge in [-0.25, -0.2) is 0 Å². The molecule has 1 spiro atoms. The molecule has 0 aliphatic carbocycles. The molecular formula is C27H35NO3S. The van der Waals surface area contributed by atoms with Gasteiger partial charge in [-0.2, -0.15) is 0 Å². The minimum absolute atomic E-state index is 0.0657. The number of ether oxygens (including phenoxy) is 2. The number of rotatable bonds is 9. The first-order chi connectivity index (χ1) is 15.6. The van der Waals surface area contributed by atoms with Crippen molar-refractivity contribution >= 4 is 17.7 Å². The molecule has 2 aromatic rings. The zero-order valence-electron chi connectivity index (χ0n) is 19.4. The number of aryl methyl sites for hydroxylation is 1. The second kappa shape index (κ2) is 10.8. The molecule has 5 heteroatoms. The van der Waals surface area contributed by atoms with Crippen molar-refractivity contribution in [3.8, 4) is 5.75 Å². The number of unbranched alkanes of at least 4 members (excludes halogenated alkanes) is 1. The summed E-state index contributed by atoms with van der Waals surface area (Å²) in [5, 5.41) is 0. The van der Waals surface area contributed by atoms with Crippen LogP contribution in [0.4, 0.5) is 0 Å². The molecular weight excluding hydrogens is 418 g/mol. The Kier molecular flexibility index (Phi) is 7.80. The minimum Gasteiger partial charge on any atom is -0.492 e. The molecule has 172 valence electrons. The van der Waals surface area contributed by atoms with Crippen molar-refractivity contribution in [2.75, 3.05) is 32.8 Å². The number of hydrogen-bond donors (Lipinski definition) is 0. The second-order valence-electron chi connectivity index (χ2n) is 9.11. The summed E-state index contributed by atoms with van der Waals surface area (Å²) in [6.45, 7) is 8.42. The predicted molar refractivity (Wildman–Crippen MR) is 131 cm³/mol. The molecule has 1 fully saturated rings. The molecule has 0 bridgehead atoms. The van der Waals surface area contributed by atoms with E-state index in [0.717, 1.165) is 63.4 Å². The summed E-state index contributed by atoms with van der Waals surface area (Å²) < 4.78 is 11.5. The van der Waals surface area contributed by atoms with E-state index in [0.29, 0.717) is 13.0 Å². The molecule has 0 unspecified atom stereocenters. The lowest BCUT2D eigenvalue weighted by molar-refractivity contribution is -0.144. The number of likely N-dealkylation sites (tertiary alicyclic amines) is 1. The Balaban J connectivity index is 1.29. The largest absolute Gasteiger partial charge is 0.492 e. The topological polar surface area (TPSA) is 38.8 Å². The highest BCUT2D eigenvalue weighted by molar-refractivity contribution is 7.98. The Labute approximate surface area is 196 Å². The van der Waals surface area contributed by atoms with Gasteiger partial charge in [0.05, 0.1) is 19.6 Å². The molecule has 0 aromatic heterocycles. The highest BCUT2D eigenvalue weighted by Gasteiger charge is 2.43. The van der Waals surface area contributed by atoms with Gasteiger partial charge < -0.3 is 14.4 Å². The van der Waals surface area contributed by atoms with Crippen molar-refractivity contribution in [1.29, 1.82) is 0 Å². The molecule has 0 radical (unpaired) electrons. The zero-order valence-corrected chi connectivity index (χ0v) is 20.2. The first kappa shape index (κ1) is 23.2. The highest BCUT2D eigenvalue weighted by Crippen LogP contribution is 2.46. The molecule has 0 saturated carbocycles. The van der Waals surface area contributed by atoms with Crippen molar-refractivity contribution < 1.29 is 14.3 Å². The van der Waals surface area contributed by atoms with Crippen molar-refractivity contribution in [1.82, 2.24) is 4.90 Å². The van der Waals surface area contributed by atoms with Crippen molar-refractivity contribution in [2.24, 2.45) is 0 Å². The molecule has 1 saturated heterocycles. The Morgan fingerprint density at radius 2 is 2.00 bits per heavy atom. The normalized spacial score (nSPS) is 17.2. The molecule has 4 rings (SSSR count). The molecule has 2 aliphatic rings. The van der Waals surface area contributed by atoms with Gasteiger partial charge in [-0.1, -0.05) is 43.7 Å². The Morgan fingerprint density at radius 3 is 2.78 bits per heavy atom. The number of thioether (sulfide) groups is 1. The van der Waals surface area contributed by atoms with Crippen LogP contribution in [0.5, 0.6) is 5.75 Å². The van der Waals surface area contributed by atoms with E-state index in [1.807, 2.05) is 11.8 Å². The molecule has 0 amide bonds. The number of nitrogens with zero attached hydrogens (tertiary/aromatic N) is 1. The van der Waals surface area contributed by atoms with E-state index in [4.69, 9.17) is 9.47 Å². The summed E-state index contributed by atoms with van der Waals surface area (Å²) >= 11 is 1.87. The zero-order chi connectivity index (χ0) is 22.4.